The summed E-state index contributed by atoms with van der Waals surface area (Å²) in [5, 5.41) is 3.56. The SMILES string of the molecule is CCOC(=O)C1=C(C)NC(C)=C(C(=O)OCC)C1c1ccccc1Cl. The van der Waals surface area contributed by atoms with Gasteiger partial charge in [0.1, 0.15) is 0 Å². The Kier molecular flexibility index (Phi) is 6.26. The lowest BCUT2D eigenvalue weighted by Gasteiger charge is -2.30. The van der Waals surface area contributed by atoms with Crippen LogP contribution in [0.4, 0.5) is 0 Å². The zero-order chi connectivity index (χ0) is 18.6. The molecule has 1 aliphatic heterocycles. The molecule has 0 saturated heterocycles. The average molecular weight is 364 g/mol. The Balaban J connectivity index is 2.66. The molecule has 0 aromatic heterocycles. The van der Waals surface area contributed by atoms with Gasteiger partial charge in [0.05, 0.1) is 30.3 Å². The molecule has 1 heterocycles. The number of nitrogens with one attached hydrogen (secondary N) is 1. The van der Waals surface area contributed by atoms with E-state index in [2.05, 4.69) is 5.32 Å². The van der Waals surface area contributed by atoms with Gasteiger partial charge in [0.25, 0.3) is 0 Å². The summed E-state index contributed by atoms with van der Waals surface area (Å²) in [6.07, 6.45) is 0. The Hall–Kier alpha value is -2.27. The summed E-state index contributed by atoms with van der Waals surface area (Å²) in [6, 6.07) is 7.15. The minimum Gasteiger partial charge on any atom is -0.463 e. The first-order chi connectivity index (χ1) is 11.9. The molecule has 5 nitrogen and oxygen atoms in total. The second kappa shape index (κ2) is 8.21. The fraction of sp³-hybridized carbons (Fsp3) is 0.368. The maximum Gasteiger partial charge on any atom is 0.336 e. The molecule has 134 valence electrons. The van der Waals surface area contributed by atoms with E-state index in [1.807, 2.05) is 6.07 Å². The molecule has 25 heavy (non-hydrogen) atoms. The number of dihydropyridines is 1. The van der Waals surface area contributed by atoms with Crippen molar-refractivity contribution in [3.05, 3.63) is 57.4 Å². The predicted octanol–water partition coefficient (Wildman–Crippen LogP) is 3.70. The molecule has 6 heteroatoms. The van der Waals surface area contributed by atoms with Gasteiger partial charge in [0.2, 0.25) is 0 Å². The maximum absolute atomic E-state index is 12.6. The molecular weight excluding hydrogens is 342 g/mol. The minimum absolute atomic E-state index is 0.238. The van der Waals surface area contributed by atoms with Gasteiger partial charge in [0, 0.05) is 16.4 Å². The topological polar surface area (TPSA) is 64.6 Å². The van der Waals surface area contributed by atoms with E-state index >= 15 is 0 Å². The van der Waals surface area contributed by atoms with Crippen LogP contribution in [0.25, 0.3) is 0 Å². The molecule has 2 rings (SSSR count). The minimum atomic E-state index is -0.645. The van der Waals surface area contributed by atoms with Crippen molar-refractivity contribution >= 4 is 23.5 Å². The molecule has 0 saturated carbocycles. The van der Waals surface area contributed by atoms with Gasteiger partial charge in [-0.05, 0) is 39.3 Å². The number of carbonyl (C=O) groups excluding carboxylic acids is 2. The normalized spacial score (nSPS) is 15.1. The molecule has 1 aromatic rings. The van der Waals surface area contributed by atoms with E-state index in [4.69, 9.17) is 21.1 Å². The van der Waals surface area contributed by atoms with Gasteiger partial charge in [-0.3, -0.25) is 0 Å². The smallest absolute Gasteiger partial charge is 0.336 e. The van der Waals surface area contributed by atoms with Crippen LogP contribution < -0.4 is 5.32 Å². The highest BCUT2D eigenvalue weighted by Crippen LogP contribution is 2.41. The third-order valence-electron chi connectivity index (χ3n) is 3.97. The number of carbonyl (C=O) groups is 2. The van der Waals surface area contributed by atoms with E-state index in [1.165, 1.54) is 0 Å². The van der Waals surface area contributed by atoms with Crippen LogP contribution in [0.2, 0.25) is 5.02 Å². The second-order valence-electron chi connectivity index (χ2n) is 5.60. The van der Waals surface area contributed by atoms with Crippen LogP contribution in [-0.2, 0) is 19.1 Å². The summed E-state index contributed by atoms with van der Waals surface area (Å²) in [5.74, 6) is -1.61. The maximum atomic E-state index is 12.6. The van der Waals surface area contributed by atoms with Crippen molar-refractivity contribution in [1.29, 1.82) is 0 Å². The van der Waals surface area contributed by atoms with Gasteiger partial charge in [-0.1, -0.05) is 29.8 Å². The number of halogens is 1. The first kappa shape index (κ1) is 19.1. The summed E-state index contributed by atoms with van der Waals surface area (Å²) in [6.45, 7) is 7.51. The van der Waals surface area contributed by atoms with Crippen molar-refractivity contribution in [1.82, 2.24) is 5.32 Å². The van der Waals surface area contributed by atoms with Crippen molar-refractivity contribution in [3.63, 3.8) is 0 Å². The van der Waals surface area contributed by atoms with Crippen molar-refractivity contribution in [3.8, 4) is 0 Å². The standard InChI is InChI=1S/C19H22ClNO4/c1-5-24-18(22)15-11(3)21-12(4)16(19(23)25-6-2)17(15)13-9-7-8-10-14(13)20/h7-10,17,21H,5-6H2,1-4H3. The Bertz CT molecular complexity index is 712. The predicted molar refractivity (Wildman–Crippen MR) is 96.0 cm³/mol. The largest absolute Gasteiger partial charge is 0.463 e. The number of esters is 2. The van der Waals surface area contributed by atoms with Crippen molar-refractivity contribution in [2.75, 3.05) is 13.2 Å². The number of rotatable bonds is 5. The van der Waals surface area contributed by atoms with Crippen LogP contribution in [0.15, 0.2) is 46.8 Å². The number of hydrogen-bond acceptors (Lipinski definition) is 5. The number of ether oxygens (including phenoxy) is 2. The molecule has 0 radical (unpaired) electrons. The summed E-state index contributed by atoms with van der Waals surface area (Å²) < 4.78 is 10.4. The third-order valence-corrected chi connectivity index (χ3v) is 4.31. The van der Waals surface area contributed by atoms with Gasteiger partial charge in [0.15, 0.2) is 0 Å². The monoisotopic (exact) mass is 363 g/mol. The molecule has 0 aliphatic carbocycles. The first-order valence-electron chi connectivity index (χ1n) is 8.19. The lowest BCUT2D eigenvalue weighted by molar-refractivity contribution is -0.139. The van der Waals surface area contributed by atoms with Crippen LogP contribution in [-0.4, -0.2) is 25.2 Å². The fourth-order valence-corrected chi connectivity index (χ4v) is 3.22. The Morgan fingerprint density at radius 2 is 1.48 bits per heavy atom. The molecule has 1 N–H and O–H groups in total. The summed E-state index contributed by atoms with van der Waals surface area (Å²) in [7, 11) is 0. The van der Waals surface area contributed by atoms with Crippen LogP contribution >= 0.6 is 11.6 Å². The van der Waals surface area contributed by atoms with Gasteiger partial charge < -0.3 is 14.8 Å². The van der Waals surface area contributed by atoms with Crippen molar-refractivity contribution in [2.24, 2.45) is 0 Å². The Labute approximate surface area is 152 Å². The second-order valence-corrected chi connectivity index (χ2v) is 6.01. The van der Waals surface area contributed by atoms with Gasteiger partial charge in [-0.25, -0.2) is 9.59 Å². The molecule has 0 bridgehead atoms. The zero-order valence-corrected chi connectivity index (χ0v) is 15.6. The number of allylic oxidation sites excluding steroid dienone is 2. The molecule has 0 atom stereocenters. The van der Waals surface area contributed by atoms with E-state index in [-0.39, 0.29) is 13.2 Å². The zero-order valence-electron chi connectivity index (χ0n) is 14.8. The Morgan fingerprint density at radius 3 is 1.92 bits per heavy atom. The van der Waals surface area contributed by atoms with E-state index in [1.54, 1.807) is 45.9 Å². The van der Waals surface area contributed by atoms with Crippen LogP contribution in [0.5, 0.6) is 0 Å². The number of benzene rings is 1. The quantitative estimate of drug-likeness (QED) is 0.808. The molecule has 0 fully saturated rings. The van der Waals surface area contributed by atoms with E-state index in [0.717, 1.165) is 0 Å². The van der Waals surface area contributed by atoms with Gasteiger partial charge in [-0.2, -0.15) is 0 Å². The van der Waals surface area contributed by atoms with E-state index in [0.29, 0.717) is 33.1 Å². The van der Waals surface area contributed by atoms with Crippen molar-refractivity contribution in [2.45, 2.75) is 33.6 Å². The number of hydrogen-bond donors (Lipinski definition) is 1. The van der Waals surface area contributed by atoms with Crippen LogP contribution in [0.3, 0.4) is 0 Å². The van der Waals surface area contributed by atoms with Gasteiger partial charge in [-0.15, -0.1) is 0 Å². The molecule has 1 aromatic carbocycles. The van der Waals surface area contributed by atoms with Crippen molar-refractivity contribution < 1.29 is 19.1 Å². The highest BCUT2D eigenvalue weighted by molar-refractivity contribution is 6.31. The van der Waals surface area contributed by atoms with Crippen LogP contribution in [0, 0.1) is 0 Å². The van der Waals surface area contributed by atoms with E-state index < -0.39 is 17.9 Å². The lowest BCUT2D eigenvalue weighted by Crippen LogP contribution is -2.32. The molecule has 0 spiro atoms. The third kappa shape index (κ3) is 3.87. The molecular formula is C19H22ClNO4. The highest BCUT2D eigenvalue weighted by Gasteiger charge is 2.38. The lowest BCUT2D eigenvalue weighted by atomic mass is 9.80. The average Bonchev–Trinajstić information content (AvgIpc) is 2.54. The van der Waals surface area contributed by atoms with Crippen LogP contribution in [0.1, 0.15) is 39.2 Å². The highest BCUT2D eigenvalue weighted by atomic mass is 35.5. The summed E-state index contributed by atoms with van der Waals surface area (Å²) >= 11 is 6.38. The van der Waals surface area contributed by atoms with E-state index in [9.17, 15) is 9.59 Å². The summed E-state index contributed by atoms with van der Waals surface area (Å²) in [5.41, 5.74) is 2.66. The molecule has 0 amide bonds. The molecule has 1 aliphatic rings. The fourth-order valence-electron chi connectivity index (χ4n) is 2.97. The van der Waals surface area contributed by atoms with Gasteiger partial charge >= 0.3 is 11.9 Å². The molecule has 0 unspecified atom stereocenters. The first-order valence-corrected chi connectivity index (χ1v) is 8.57. The summed E-state index contributed by atoms with van der Waals surface area (Å²) in [4.78, 5) is 25.2. The Morgan fingerprint density at radius 1 is 1.00 bits per heavy atom.